The van der Waals surface area contributed by atoms with E-state index < -0.39 is 0 Å². The van der Waals surface area contributed by atoms with Crippen LogP contribution in [-0.4, -0.2) is 68.8 Å². The molecule has 1 aromatic heterocycles. The number of nitrogens with zero attached hydrogens (tertiary/aromatic N) is 6. The van der Waals surface area contributed by atoms with Gasteiger partial charge in [0.2, 0.25) is 0 Å². The molecule has 1 aliphatic heterocycles. The van der Waals surface area contributed by atoms with Crippen molar-refractivity contribution in [3.05, 3.63) is 5.82 Å². The van der Waals surface area contributed by atoms with E-state index in [1.807, 2.05) is 4.90 Å². The van der Waals surface area contributed by atoms with Crippen molar-refractivity contribution in [1.82, 2.24) is 35.3 Å². The first-order chi connectivity index (χ1) is 12.7. The summed E-state index contributed by atoms with van der Waals surface area (Å²) in [5.41, 5.74) is -0.293. The average molecular weight is 364 g/mol. The SMILES string of the molecule is CCCNC(=O)N1CCC(c2nnnn2C2CCCC2)(N(CC)CC)C1. The van der Waals surface area contributed by atoms with Crippen LogP contribution in [0.5, 0.6) is 0 Å². The lowest BCUT2D eigenvalue weighted by Gasteiger charge is -2.39. The minimum Gasteiger partial charge on any atom is -0.338 e. The zero-order valence-electron chi connectivity index (χ0n) is 16.4. The number of likely N-dealkylation sites (N-methyl/N-ethyl adjacent to an activating group) is 1. The predicted molar refractivity (Wildman–Crippen MR) is 99.8 cm³/mol. The molecule has 0 aromatic carbocycles. The molecule has 8 heteroatoms. The number of carbonyl (C=O) groups is 1. The number of urea groups is 1. The summed E-state index contributed by atoms with van der Waals surface area (Å²) in [6, 6.07) is 0.427. The Kier molecular flexibility index (Phi) is 6.11. The molecule has 8 nitrogen and oxygen atoms in total. The molecule has 1 unspecified atom stereocenters. The molecule has 26 heavy (non-hydrogen) atoms. The summed E-state index contributed by atoms with van der Waals surface area (Å²) in [4.78, 5) is 16.9. The van der Waals surface area contributed by atoms with Gasteiger partial charge < -0.3 is 10.2 Å². The largest absolute Gasteiger partial charge is 0.338 e. The van der Waals surface area contributed by atoms with Crippen LogP contribution in [0.4, 0.5) is 4.79 Å². The number of carbonyl (C=O) groups excluding carboxylic acids is 1. The Morgan fingerprint density at radius 1 is 1.27 bits per heavy atom. The standard InChI is InChI=1S/C18H33N7O/c1-4-12-19-17(26)23-13-11-18(14-23,24(5-2)6-3)16-20-21-22-25(16)15-9-7-8-10-15/h15H,4-14H2,1-3H3,(H,19,26). The van der Waals surface area contributed by atoms with Gasteiger partial charge in [-0.05, 0) is 49.2 Å². The molecular formula is C18H33N7O. The third-order valence-electron chi connectivity index (χ3n) is 6.01. The van der Waals surface area contributed by atoms with Crippen LogP contribution in [0.25, 0.3) is 0 Å². The summed E-state index contributed by atoms with van der Waals surface area (Å²) in [5.74, 6) is 0.943. The number of likely N-dealkylation sites (tertiary alicyclic amines) is 1. The van der Waals surface area contributed by atoms with Gasteiger partial charge in [-0.3, -0.25) is 4.90 Å². The molecule has 2 fully saturated rings. The van der Waals surface area contributed by atoms with Gasteiger partial charge in [-0.1, -0.05) is 33.6 Å². The lowest BCUT2D eigenvalue weighted by atomic mass is 9.94. The molecule has 3 rings (SSSR count). The van der Waals surface area contributed by atoms with Gasteiger partial charge in [-0.25, -0.2) is 9.48 Å². The minimum atomic E-state index is -0.293. The summed E-state index contributed by atoms with van der Waals surface area (Å²) in [6.07, 6.45) is 6.60. The number of aromatic nitrogens is 4. The molecule has 0 bridgehead atoms. The molecule has 1 N–H and O–H groups in total. The maximum atomic E-state index is 12.5. The maximum Gasteiger partial charge on any atom is 0.317 e. The second kappa shape index (κ2) is 8.33. The quantitative estimate of drug-likeness (QED) is 0.803. The molecule has 0 radical (unpaired) electrons. The van der Waals surface area contributed by atoms with Gasteiger partial charge in [0.1, 0.15) is 5.54 Å². The lowest BCUT2D eigenvalue weighted by Crippen LogP contribution is -2.51. The van der Waals surface area contributed by atoms with E-state index in [1.165, 1.54) is 12.8 Å². The number of rotatable bonds is 7. The topological polar surface area (TPSA) is 79.2 Å². The molecule has 1 aromatic rings. The van der Waals surface area contributed by atoms with E-state index in [0.29, 0.717) is 19.1 Å². The van der Waals surface area contributed by atoms with E-state index >= 15 is 0 Å². The molecule has 1 atom stereocenters. The van der Waals surface area contributed by atoms with Gasteiger partial charge in [0.05, 0.1) is 6.04 Å². The number of amides is 2. The van der Waals surface area contributed by atoms with E-state index in [-0.39, 0.29) is 11.6 Å². The van der Waals surface area contributed by atoms with Crippen molar-refractivity contribution in [2.45, 2.75) is 70.9 Å². The highest BCUT2D eigenvalue weighted by molar-refractivity contribution is 5.74. The van der Waals surface area contributed by atoms with Crippen LogP contribution in [0.15, 0.2) is 0 Å². The van der Waals surface area contributed by atoms with Gasteiger partial charge in [-0.2, -0.15) is 0 Å². The molecule has 1 aliphatic carbocycles. The highest BCUT2D eigenvalue weighted by Crippen LogP contribution is 2.39. The predicted octanol–water partition coefficient (Wildman–Crippen LogP) is 2.15. The Bertz CT molecular complexity index is 594. The van der Waals surface area contributed by atoms with Crippen LogP contribution < -0.4 is 5.32 Å². The number of tetrazole rings is 1. The smallest absolute Gasteiger partial charge is 0.317 e. The molecule has 1 saturated heterocycles. The van der Waals surface area contributed by atoms with E-state index in [4.69, 9.17) is 0 Å². The van der Waals surface area contributed by atoms with E-state index in [2.05, 4.69) is 51.2 Å². The molecule has 0 spiro atoms. The van der Waals surface area contributed by atoms with Crippen LogP contribution in [0.3, 0.4) is 0 Å². The van der Waals surface area contributed by atoms with Crippen molar-refractivity contribution in [3.8, 4) is 0 Å². The molecule has 2 aliphatic rings. The zero-order valence-corrected chi connectivity index (χ0v) is 16.4. The van der Waals surface area contributed by atoms with E-state index in [0.717, 1.165) is 51.1 Å². The zero-order chi connectivity index (χ0) is 18.6. The Balaban J connectivity index is 1.90. The Hall–Kier alpha value is -1.70. The Labute approximate surface area is 156 Å². The van der Waals surface area contributed by atoms with Crippen molar-refractivity contribution in [1.29, 1.82) is 0 Å². The van der Waals surface area contributed by atoms with Gasteiger partial charge in [-0.15, -0.1) is 5.10 Å². The van der Waals surface area contributed by atoms with Crippen LogP contribution in [0, 0.1) is 0 Å². The van der Waals surface area contributed by atoms with Crippen molar-refractivity contribution in [2.75, 3.05) is 32.7 Å². The van der Waals surface area contributed by atoms with Crippen LogP contribution in [0.2, 0.25) is 0 Å². The maximum absolute atomic E-state index is 12.5. The van der Waals surface area contributed by atoms with Crippen molar-refractivity contribution in [3.63, 3.8) is 0 Å². The summed E-state index contributed by atoms with van der Waals surface area (Å²) < 4.78 is 2.07. The highest BCUT2D eigenvalue weighted by atomic mass is 16.2. The molecule has 146 valence electrons. The molecular weight excluding hydrogens is 330 g/mol. The lowest BCUT2D eigenvalue weighted by molar-refractivity contribution is 0.0893. The van der Waals surface area contributed by atoms with Crippen LogP contribution >= 0.6 is 0 Å². The average Bonchev–Trinajstić information content (AvgIpc) is 3.40. The normalized spacial score (nSPS) is 23.9. The van der Waals surface area contributed by atoms with Crippen LogP contribution in [0.1, 0.15) is 71.2 Å². The number of hydrogen-bond donors (Lipinski definition) is 1. The van der Waals surface area contributed by atoms with Crippen molar-refractivity contribution in [2.24, 2.45) is 0 Å². The van der Waals surface area contributed by atoms with E-state index in [9.17, 15) is 4.79 Å². The van der Waals surface area contributed by atoms with Crippen molar-refractivity contribution >= 4 is 6.03 Å². The van der Waals surface area contributed by atoms with Crippen LogP contribution in [-0.2, 0) is 5.54 Å². The fraction of sp³-hybridized carbons (Fsp3) is 0.889. The van der Waals surface area contributed by atoms with Crippen molar-refractivity contribution < 1.29 is 4.79 Å². The summed E-state index contributed by atoms with van der Waals surface area (Å²) in [5, 5.41) is 15.9. The Morgan fingerprint density at radius 3 is 2.65 bits per heavy atom. The summed E-state index contributed by atoms with van der Waals surface area (Å²) in [6.45, 7) is 10.4. The first-order valence-corrected chi connectivity index (χ1v) is 10.2. The monoisotopic (exact) mass is 363 g/mol. The third kappa shape index (κ3) is 3.43. The highest BCUT2D eigenvalue weighted by Gasteiger charge is 2.49. The first-order valence-electron chi connectivity index (χ1n) is 10.2. The van der Waals surface area contributed by atoms with E-state index in [1.54, 1.807) is 0 Å². The first kappa shape index (κ1) is 19.1. The van der Waals surface area contributed by atoms with Gasteiger partial charge in [0.25, 0.3) is 0 Å². The molecule has 2 heterocycles. The molecule has 2 amide bonds. The molecule has 1 saturated carbocycles. The van der Waals surface area contributed by atoms with Gasteiger partial charge in [0.15, 0.2) is 5.82 Å². The van der Waals surface area contributed by atoms with Gasteiger partial charge in [0, 0.05) is 19.6 Å². The second-order valence-electron chi connectivity index (χ2n) is 7.49. The third-order valence-corrected chi connectivity index (χ3v) is 6.01. The fourth-order valence-corrected chi connectivity index (χ4v) is 4.62. The van der Waals surface area contributed by atoms with Gasteiger partial charge >= 0.3 is 6.03 Å². The summed E-state index contributed by atoms with van der Waals surface area (Å²) in [7, 11) is 0. The number of hydrogen-bond acceptors (Lipinski definition) is 5. The summed E-state index contributed by atoms with van der Waals surface area (Å²) >= 11 is 0. The second-order valence-corrected chi connectivity index (χ2v) is 7.49. The number of nitrogens with one attached hydrogen (secondary N) is 1. The Morgan fingerprint density at radius 2 is 2.00 bits per heavy atom. The minimum absolute atomic E-state index is 0.0285. The fourth-order valence-electron chi connectivity index (χ4n) is 4.62.